The third-order valence-electron chi connectivity index (χ3n) is 1.67. The molecule has 0 aromatic heterocycles. The van der Waals surface area contributed by atoms with Crippen molar-refractivity contribution in [2.24, 2.45) is 0 Å². The van der Waals surface area contributed by atoms with Crippen molar-refractivity contribution in [3.63, 3.8) is 0 Å². The molecule has 0 saturated carbocycles. The Balaban J connectivity index is 2.86. The van der Waals surface area contributed by atoms with Gasteiger partial charge in [0.1, 0.15) is 5.82 Å². The molecule has 82 valence electrons. The second-order valence-corrected chi connectivity index (χ2v) is 4.20. The lowest BCUT2D eigenvalue weighted by Crippen LogP contribution is -1.96. The monoisotopic (exact) mass is 248 g/mol. The van der Waals surface area contributed by atoms with Crippen molar-refractivity contribution in [3.8, 4) is 0 Å². The van der Waals surface area contributed by atoms with E-state index in [-0.39, 0.29) is 10.8 Å². The van der Waals surface area contributed by atoms with E-state index in [2.05, 4.69) is 0 Å². The predicted octanol–water partition coefficient (Wildman–Crippen LogP) is 4.04. The largest absolute Gasteiger partial charge is 0.458 e. The third-order valence-corrected chi connectivity index (χ3v) is 2.94. The lowest BCUT2D eigenvalue weighted by atomic mass is 10.2. The molecule has 2 nitrogen and oxygen atoms in total. The van der Waals surface area contributed by atoms with E-state index in [0.717, 1.165) is 11.8 Å². The number of benzene rings is 1. The van der Waals surface area contributed by atoms with Crippen LogP contribution in [0.1, 0.15) is 12.5 Å². The molecule has 0 unspecified atom stereocenters. The number of hydrogen-bond acceptors (Lipinski definition) is 3. The minimum Gasteiger partial charge on any atom is -0.458 e. The summed E-state index contributed by atoms with van der Waals surface area (Å²) in [5.74, 6) is -0.381. The smallest absolute Gasteiger partial charge is 0.372 e. The number of thioether (sulfide) groups is 1. The third kappa shape index (κ3) is 3.39. The summed E-state index contributed by atoms with van der Waals surface area (Å²) in [6, 6.07) is 2.72. The molecule has 1 rings (SSSR count). The summed E-state index contributed by atoms with van der Waals surface area (Å²) in [7, 11) is 0. The van der Waals surface area contributed by atoms with E-state index in [4.69, 9.17) is 16.3 Å². The number of halogens is 2. The van der Waals surface area contributed by atoms with E-state index in [0.29, 0.717) is 17.1 Å². The fourth-order valence-corrected chi connectivity index (χ4v) is 1.96. The molecule has 15 heavy (non-hydrogen) atoms. The minimum absolute atomic E-state index is 0.219. The van der Waals surface area contributed by atoms with Gasteiger partial charge < -0.3 is 4.74 Å². The van der Waals surface area contributed by atoms with Crippen LogP contribution in [-0.2, 0) is 4.74 Å². The van der Waals surface area contributed by atoms with Gasteiger partial charge in [-0.2, -0.15) is 0 Å². The van der Waals surface area contributed by atoms with E-state index < -0.39 is 5.30 Å². The second-order valence-electron chi connectivity index (χ2n) is 2.82. The zero-order chi connectivity index (χ0) is 11.4. The maximum absolute atomic E-state index is 13.0. The quantitative estimate of drug-likeness (QED) is 0.584. The first kappa shape index (κ1) is 12.3. The number of hydrogen-bond donors (Lipinski definition) is 0. The SMILES string of the molecule is CCOC(=O)Sc1cc(C)c(F)cc1Cl. The Bertz CT molecular complexity index is 382. The van der Waals surface area contributed by atoms with Crippen LogP contribution in [0.15, 0.2) is 17.0 Å². The van der Waals surface area contributed by atoms with Crippen molar-refractivity contribution in [3.05, 3.63) is 28.5 Å². The van der Waals surface area contributed by atoms with Crippen LogP contribution in [0.3, 0.4) is 0 Å². The van der Waals surface area contributed by atoms with Gasteiger partial charge in [-0.05, 0) is 43.3 Å². The van der Waals surface area contributed by atoms with Crippen LogP contribution in [0.2, 0.25) is 5.02 Å². The predicted molar refractivity (Wildman–Crippen MR) is 59.0 cm³/mol. The van der Waals surface area contributed by atoms with Gasteiger partial charge in [-0.15, -0.1) is 0 Å². The molecule has 0 radical (unpaired) electrons. The Morgan fingerprint density at radius 1 is 1.60 bits per heavy atom. The normalized spacial score (nSPS) is 10.1. The number of carbonyl (C=O) groups is 1. The molecule has 0 N–H and O–H groups in total. The molecule has 1 aromatic carbocycles. The van der Waals surface area contributed by atoms with Crippen LogP contribution in [-0.4, -0.2) is 11.9 Å². The summed E-state index contributed by atoms with van der Waals surface area (Å²) in [5.41, 5.74) is 0.450. The van der Waals surface area contributed by atoms with Crippen LogP contribution in [0, 0.1) is 12.7 Å². The molecular weight excluding hydrogens is 239 g/mol. The maximum Gasteiger partial charge on any atom is 0.372 e. The van der Waals surface area contributed by atoms with Crippen LogP contribution in [0.5, 0.6) is 0 Å². The molecule has 0 aliphatic rings. The van der Waals surface area contributed by atoms with Crippen LogP contribution < -0.4 is 0 Å². The lowest BCUT2D eigenvalue weighted by molar-refractivity contribution is 0.181. The molecule has 0 heterocycles. The van der Waals surface area contributed by atoms with Gasteiger partial charge in [0, 0.05) is 4.90 Å². The zero-order valence-corrected chi connectivity index (χ0v) is 9.91. The van der Waals surface area contributed by atoms with Crippen LogP contribution in [0.4, 0.5) is 9.18 Å². The lowest BCUT2D eigenvalue weighted by Gasteiger charge is -2.05. The zero-order valence-electron chi connectivity index (χ0n) is 8.34. The maximum atomic E-state index is 13.0. The molecule has 0 aliphatic carbocycles. The average Bonchev–Trinajstić information content (AvgIpc) is 2.14. The topological polar surface area (TPSA) is 26.3 Å². The summed E-state index contributed by atoms with van der Waals surface area (Å²) in [6.07, 6.45) is 0. The van der Waals surface area contributed by atoms with E-state index in [1.54, 1.807) is 13.8 Å². The average molecular weight is 249 g/mol. The molecule has 1 aromatic rings. The minimum atomic E-state index is -0.439. The Labute approximate surface area is 96.8 Å². The number of ether oxygens (including phenoxy) is 1. The first-order valence-electron chi connectivity index (χ1n) is 4.34. The summed E-state index contributed by atoms with van der Waals surface area (Å²) in [4.78, 5) is 11.7. The van der Waals surface area contributed by atoms with Gasteiger partial charge in [0.15, 0.2) is 0 Å². The highest BCUT2D eigenvalue weighted by Gasteiger charge is 2.11. The Kier molecular flexibility index (Phi) is 4.42. The van der Waals surface area contributed by atoms with Crippen molar-refractivity contribution in [2.45, 2.75) is 18.7 Å². The van der Waals surface area contributed by atoms with E-state index in [9.17, 15) is 9.18 Å². The van der Waals surface area contributed by atoms with Gasteiger partial charge in [-0.3, -0.25) is 0 Å². The highest BCUT2D eigenvalue weighted by molar-refractivity contribution is 8.13. The summed E-state index contributed by atoms with van der Waals surface area (Å²) >= 11 is 6.64. The van der Waals surface area contributed by atoms with Gasteiger partial charge in [0.25, 0.3) is 0 Å². The van der Waals surface area contributed by atoms with Crippen molar-refractivity contribution in [1.29, 1.82) is 0 Å². The highest BCUT2D eigenvalue weighted by Crippen LogP contribution is 2.30. The Morgan fingerprint density at radius 3 is 2.87 bits per heavy atom. The number of rotatable bonds is 2. The van der Waals surface area contributed by atoms with Gasteiger partial charge in [-0.1, -0.05) is 11.6 Å². The summed E-state index contributed by atoms with van der Waals surface area (Å²) < 4.78 is 17.8. The second kappa shape index (κ2) is 5.37. The summed E-state index contributed by atoms with van der Waals surface area (Å²) in [6.45, 7) is 3.64. The molecule has 0 bridgehead atoms. The highest BCUT2D eigenvalue weighted by atomic mass is 35.5. The first-order chi connectivity index (χ1) is 7.04. The fourth-order valence-electron chi connectivity index (χ4n) is 0.946. The molecule has 0 spiro atoms. The van der Waals surface area contributed by atoms with Crippen molar-refractivity contribution in [2.75, 3.05) is 6.61 Å². The van der Waals surface area contributed by atoms with Gasteiger partial charge in [-0.25, -0.2) is 9.18 Å². The van der Waals surface area contributed by atoms with Crippen molar-refractivity contribution in [1.82, 2.24) is 0 Å². The molecular formula is C10H10ClFO2S. The molecule has 0 saturated heterocycles. The molecule has 0 fully saturated rings. The van der Waals surface area contributed by atoms with E-state index in [1.807, 2.05) is 0 Å². The number of carbonyl (C=O) groups excluding carboxylic acids is 1. The van der Waals surface area contributed by atoms with Crippen molar-refractivity contribution >= 4 is 28.7 Å². The summed E-state index contributed by atoms with van der Waals surface area (Å²) in [5, 5.41) is -0.221. The molecule has 0 atom stereocenters. The van der Waals surface area contributed by atoms with E-state index >= 15 is 0 Å². The number of aryl methyl sites for hydroxylation is 1. The first-order valence-corrected chi connectivity index (χ1v) is 5.54. The fraction of sp³-hybridized carbons (Fsp3) is 0.300. The molecule has 0 aliphatic heterocycles. The Hall–Kier alpha value is -0.740. The van der Waals surface area contributed by atoms with Crippen LogP contribution in [0.25, 0.3) is 0 Å². The van der Waals surface area contributed by atoms with Crippen molar-refractivity contribution < 1.29 is 13.9 Å². The Morgan fingerprint density at radius 2 is 2.27 bits per heavy atom. The van der Waals surface area contributed by atoms with Gasteiger partial charge in [0.2, 0.25) is 0 Å². The molecule has 0 amide bonds. The van der Waals surface area contributed by atoms with Gasteiger partial charge in [0.05, 0.1) is 11.6 Å². The standard InChI is InChI=1S/C10H10ClFO2S/c1-3-14-10(13)15-9-4-6(2)8(12)5-7(9)11/h4-5H,3H2,1-2H3. The van der Waals surface area contributed by atoms with Gasteiger partial charge >= 0.3 is 5.30 Å². The molecule has 5 heteroatoms. The van der Waals surface area contributed by atoms with E-state index in [1.165, 1.54) is 12.1 Å². The van der Waals surface area contributed by atoms with Crippen LogP contribution >= 0.6 is 23.4 Å².